The van der Waals surface area contributed by atoms with Gasteiger partial charge in [0.05, 0.1) is 0 Å². The number of hydrogen-bond acceptors (Lipinski definition) is 3. The lowest BCUT2D eigenvalue weighted by Crippen LogP contribution is -2.45. The first-order chi connectivity index (χ1) is 10.7. The number of rotatable bonds is 5. The zero-order valence-corrected chi connectivity index (χ0v) is 12.2. The fourth-order valence-electron chi connectivity index (χ4n) is 2.12. The molecule has 1 atom stereocenters. The van der Waals surface area contributed by atoms with Crippen molar-refractivity contribution in [3.63, 3.8) is 0 Å². The van der Waals surface area contributed by atoms with E-state index >= 15 is 0 Å². The van der Waals surface area contributed by atoms with Crippen molar-refractivity contribution in [2.75, 3.05) is 0 Å². The molecule has 3 N–H and O–H groups in total. The molecule has 0 unspecified atom stereocenters. The minimum Gasteiger partial charge on any atom is -0.340 e. The van der Waals surface area contributed by atoms with Crippen molar-refractivity contribution >= 4 is 11.8 Å². The van der Waals surface area contributed by atoms with Gasteiger partial charge in [-0.2, -0.15) is 0 Å². The Morgan fingerprint density at radius 3 is 2.14 bits per heavy atom. The van der Waals surface area contributed by atoms with E-state index in [-0.39, 0.29) is 5.91 Å². The van der Waals surface area contributed by atoms with Gasteiger partial charge in [-0.05, 0) is 29.7 Å². The van der Waals surface area contributed by atoms with Crippen LogP contribution in [0.15, 0.2) is 54.6 Å². The molecule has 0 aliphatic heterocycles. The standard InChI is InChI=1S/C17H18N2O3/c1-2-15(17(21)19-22)18-16(20)14-10-8-13(9-11-14)12-6-4-3-5-7-12/h3-11,15,22H,2H2,1H3,(H,18,20)(H,19,21)/t15-/m0/s1. The summed E-state index contributed by atoms with van der Waals surface area (Å²) in [6, 6.07) is 16.2. The second-order valence-corrected chi connectivity index (χ2v) is 4.85. The molecule has 5 heteroatoms. The van der Waals surface area contributed by atoms with Crippen LogP contribution < -0.4 is 10.8 Å². The molecule has 0 heterocycles. The molecule has 0 bridgehead atoms. The third-order valence-corrected chi connectivity index (χ3v) is 3.39. The molecule has 0 aliphatic rings. The molecule has 2 aromatic carbocycles. The number of hydrogen-bond donors (Lipinski definition) is 3. The Morgan fingerprint density at radius 1 is 1.00 bits per heavy atom. The highest BCUT2D eigenvalue weighted by Crippen LogP contribution is 2.19. The largest absolute Gasteiger partial charge is 0.340 e. The van der Waals surface area contributed by atoms with Gasteiger partial charge in [0, 0.05) is 5.56 Å². The third kappa shape index (κ3) is 3.71. The molecule has 0 aromatic heterocycles. The van der Waals surface area contributed by atoms with Gasteiger partial charge in [0.2, 0.25) is 0 Å². The highest BCUT2D eigenvalue weighted by molar-refractivity contribution is 5.97. The summed E-state index contributed by atoms with van der Waals surface area (Å²) in [5, 5.41) is 11.2. The van der Waals surface area contributed by atoms with Crippen LogP contribution in [0.1, 0.15) is 23.7 Å². The summed E-state index contributed by atoms with van der Waals surface area (Å²) in [6.45, 7) is 1.75. The van der Waals surface area contributed by atoms with E-state index in [0.29, 0.717) is 12.0 Å². The lowest BCUT2D eigenvalue weighted by molar-refractivity contribution is -0.131. The number of nitrogens with one attached hydrogen (secondary N) is 2. The van der Waals surface area contributed by atoms with E-state index in [1.807, 2.05) is 42.5 Å². The predicted molar refractivity (Wildman–Crippen MR) is 83.4 cm³/mol. The highest BCUT2D eigenvalue weighted by atomic mass is 16.5. The summed E-state index contributed by atoms with van der Waals surface area (Å²) < 4.78 is 0. The van der Waals surface area contributed by atoms with E-state index in [0.717, 1.165) is 11.1 Å². The van der Waals surface area contributed by atoms with Gasteiger partial charge in [0.1, 0.15) is 6.04 Å². The molecule has 2 aromatic rings. The van der Waals surface area contributed by atoms with E-state index in [9.17, 15) is 9.59 Å². The normalized spacial score (nSPS) is 11.5. The van der Waals surface area contributed by atoms with E-state index in [4.69, 9.17) is 5.21 Å². The topological polar surface area (TPSA) is 78.4 Å². The van der Waals surface area contributed by atoms with Crippen LogP contribution in [0.3, 0.4) is 0 Å². The summed E-state index contributed by atoms with van der Waals surface area (Å²) in [4.78, 5) is 23.5. The Balaban J connectivity index is 2.10. The Morgan fingerprint density at radius 2 is 1.59 bits per heavy atom. The first-order valence-corrected chi connectivity index (χ1v) is 7.06. The molecule has 0 radical (unpaired) electrons. The molecule has 0 saturated carbocycles. The van der Waals surface area contributed by atoms with Crippen molar-refractivity contribution in [3.8, 4) is 11.1 Å². The Kier molecular flexibility index (Phi) is 5.27. The SMILES string of the molecule is CC[C@H](NC(=O)c1ccc(-c2ccccc2)cc1)C(=O)NO. The Bertz CT molecular complexity index is 639. The fraction of sp³-hybridized carbons (Fsp3) is 0.176. The molecular weight excluding hydrogens is 280 g/mol. The summed E-state index contributed by atoms with van der Waals surface area (Å²) in [6.07, 6.45) is 0.389. The smallest absolute Gasteiger partial charge is 0.265 e. The second kappa shape index (κ2) is 7.38. The van der Waals surface area contributed by atoms with Gasteiger partial charge in [-0.25, -0.2) is 5.48 Å². The monoisotopic (exact) mass is 298 g/mol. The van der Waals surface area contributed by atoms with Gasteiger partial charge >= 0.3 is 0 Å². The van der Waals surface area contributed by atoms with Gasteiger partial charge < -0.3 is 5.32 Å². The maximum Gasteiger partial charge on any atom is 0.265 e. The molecule has 0 aliphatic carbocycles. The van der Waals surface area contributed by atoms with Gasteiger partial charge in [-0.1, -0.05) is 49.4 Å². The summed E-state index contributed by atoms with van der Waals surface area (Å²) >= 11 is 0. The van der Waals surface area contributed by atoms with Gasteiger partial charge in [0.15, 0.2) is 0 Å². The Hall–Kier alpha value is -2.66. The number of carbonyl (C=O) groups excluding carboxylic acids is 2. The van der Waals surface area contributed by atoms with Crippen LogP contribution in [-0.2, 0) is 4.79 Å². The van der Waals surface area contributed by atoms with Crippen molar-refractivity contribution in [3.05, 3.63) is 60.2 Å². The minimum atomic E-state index is -0.758. The van der Waals surface area contributed by atoms with Crippen LogP contribution in [-0.4, -0.2) is 23.1 Å². The molecule has 2 amide bonds. The van der Waals surface area contributed by atoms with Gasteiger partial charge in [0.25, 0.3) is 11.8 Å². The van der Waals surface area contributed by atoms with E-state index in [2.05, 4.69) is 5.32 Å². The van der Waals surface area contributed by atoms with Crippen LogP contribution in [0.25, 0.3) is 11.1 Å². The van der Waals surface area contributed by atoms with Crippen molar-refractivity contribution < 1.29 is 14.8 Å². The summed E-state index contributed by atoms with van der Waals surface area (Å²) in [7, 11) is 0. The van der Waals surface area contributed by atoms with Gasteiger partial charge in [-0.3, -0.25) is 14.8 Å². The summed E-state index contributed by atoms with van der Waals surface area (Å²) in [5.41, 5.74) is 4.09. The molecule has 2 rings (SSSR count). The van der Waals surface area contributed by atoms with E-state index in [1.165, 1.54) is 0 Å². The molecule has 0 fully saturated rings. The lowest BCUT2D eigenvalue weighted by atomic mass is 10.0. The molecular formula is C17H18N2O3. The molecule has 5 nitrogen and oxygen atoms in total. The fourth-order valence-corrected chi connectivity index (χ4v) is 2.12. The quantitative estimate of drug-likeness (QED) is 0.586. The van der Waals surface area contributed by atoms with E-state index in [1.54, 1.807) is 24.5 Å². The van der Waals surface area contributed by atoms with Crippen molar-refractivity contribution in [1.82, 2.24) is 10.8 Å². The molecule has 114 valence electrons. The average molecular weight is 298 g/mol. The van der Waals surface area contributed by atoms with Gasteiger partial charge in [-0.15, -0.1) is 0 Å². The number of amides is 2. The van der Waals surface area contributed by atoms with Crippen molar-refractivity contribution in [2.24, 2.45) is 0 Å². The number of hydroxylamine groups is 1. The number of benzene rings is 2. The van der Waals surface area contributed by atoms with Crippen molar-refractivity contribution in [2.45, 2.75) is 19.4 Å². The first-order valence-electron chi connectivity index (χ1n) is 7.06. The zero-order valence-electron chi connectivity index (χ0n) is 12.2. The molecule has 0 saturated heterocycles. The molecule has 0 spiro atoms. The minimum absolute atomic E-state index is 0.352. The lowest BCUT2D eigenvalue weighted by Gasteiger charge is -2.14. The van der Waals surface area contributed by atoms with Crippen LogP contribution >= 0.6 is 0 Å². The van der Waals surface area contributed by atoms with Crippen LogP contribution in [0.2, 0.25) is 0 Å². The zero-order chi connectivity index (χ0) is 15.9. The Labute approximate surface area is 128 Å². The third-order valence-electron chi connectivity index (χ3n) is 3.39. The average Bonchev–Trinajstić information content (AvgIpc) is 2.59. The number of carbonyl (C=O) groups is 2. The predicted octanol–water partition coefficient (Wildman–Crippen LogP) is 2.37. The van der Waals surface area contributed by atoms with Crippen LogP contribution in [0, 0.1) is 0 Å². The van der Waals surface area contributed by atoms with E-state index < -0.39 is 11.9 Å². The summed E-state index contributed by atoms with van der Waals surface area (Å²) in [5.74, 6) is -0.980. The molecule has 22 heavy (non-hydrogen) atoms. The maximum atomic E-state index is 12.1. The first kappa shape index (κ1) is 15.7. The van der Waals surface area contributed by atoms with Crippen molar-refractivity contribution in [1.29, 1.82) is 0 Å². The van der Waals surface area contributed by atoms with Crippen LogP contribution in [0.4, 0.5) is 0 Å². The second-order valence-electron chi connectivity index (χ2n) is 4.85. The maximum absolute atomic E-state index is 12.1. The van der Waals surface area contributed by atoms with Crippen LogP contribution in [0.5, 0.6) is 0 Å². The highest BCUT2D eigenvalue weighted by Gasteiger charge is 2.18.